The quantitative estimate of drug-likeness (QED) is 0.906. The van der Waals surface area contributed by atoms with Gasteiger partial charge in [0.2, 0.25) is 0 Å². The summed E-state index contributed by atoms with van der Waals surface area (Å²) in [7, 11) is 0. The monoisotopic (exact) mass is 285 g/mol. The van der Waals surface area contributed by atoms with Crippen LogP contribution in [0.1, 0.15) is 45.7 Å². The number of hydrogen-bond acceptors (Lipinski definition) is 2. The van der Waals surface area contributed by atoms with E-state index in [0.717, 1.165) is 22.2 Å². The van der Waals surface area contributed by atoms with Crippen LogP contribution in [0.25, 0.3) is 0 Å². The first-order chi connectivity index (χ1) is 7.35. The minimum absolute atomic E-state index is 0.0459. The van der Waals surface area contributed by atoms with Crippen LogP contribution < -0.4 is 10.5 Å². The van der Waals surface area contributed by atoms with Crippen molar-refractivity contribution in [2.75, 3.05) is 0 Å². The molecule has 1 aromatic carbocycles. The molecule has 90 valence electrons. The van der Waals surface area contributed by atoms with E-state index < -0.39 is 0 Å². The summed E-state index contributed by atoms with van der Waals surface area (Å²) < 4.78 is 6.89. The topological polar surface area (TPSA) is 35.2 Å². The fourth-order valence-electron chi connectivity index (χ4n) is 1.25. The van der Waals surface area contributed by atoms with Gasteiger partial charge in [-0.2, -0.15) is 0 Å². The molecule has 2 nitrogen and oxygen atoms in total. The highest BCUT2D eigenvalue weighted by molar-refractivity contribution is 9.10. The van der Waals surface area contributed by atoms with Crippen LogP contribution in [0.3, 0.4) is 0 Å². The Balaban J connectivity index is 2.91. The van der Waals surface area contributed by atoms with Gasteiger partial charge in [0.05, 0.1) is 4.47 Å². The third-order valence-electron chi connectivity index (χ3n) is 2.72. The van der Waals surface area contributed by atoms with Crippen LogP contribution in [0, 0.1) is 0 Å². The number of nitrogens with two attached hydrogens (primary N) is 1. The number of halogens is 1. The van der Waals surface area contributed by atoms with Crippen molar-refractivity contribution in [1.29, 1.82) is 0 Å². The number of rotatable bonds is 4. The summed E-state index contributed by atoms with van der Waals surface area (Å²) in [5, 5.41) is 0. The number of ether oxygens (including phenoxy) is 1. The maximum Gasteiger partial charge on any atom is 0.134 e. The van der Waals surface area contributed by atoms with Gasteiger partial charge < -0.3 is 10.5 Å². The van der Waals surface area contributed by atoms with E-state index in [4.69, 9.17) is 10.5 Å². The summed E-state index contributed by atoms with van der Waals surface area (Å²) in [5.74, 6) is 0.872. The Labute approximate surface area is 106 Å². The van der Waals surface area contributed by atoms with Crippen molar-refractivity contribution in [2.24, 2.45) is 5.73 Å². The Hall–Kier alpha value is -0.540. The molecule has 1 atom stereocenters. The van der Waals surface area contributed by atoms with Crippen LogP contribution in [-0.4, -0.2) is 5.60 Å². The largest absolute Gasteiger partial charge is 0.487 e. The van der Waals surface area contributed by atoms with E-state index in [9.17, 15) is 0 Å². The van der Waals surface area contributed by atoms with E-state index in [-0.39, 0.29) is 11.6 Å². The number of benzene rings is 1. The van der Waals surface area contributed by atoms with Crippen molar-refractivity contribution in [2.45, 2.75) is 45.8 Å². The minimum Gasteiger partial charge on any atom is -0.487 e. The second-order valence-corrected chi connectivity index (χ2v) is 5.55. The second-order valence-electron chi connectivity index (χ2n) is 4.69. The third kappa shape index (κ3) is 3.49. The summed E-state index contributed by atoms with van der Waals surface area (Å²) in [4.78, 5) is 0. The summed E-state index contributed by atoms with van der Waals surface area (Å²) >= 11 is 3.52. The summed E-state index contributed by atoms with van der Waals surface area (Å²) in [5.41, 5.74) is 6.79. The molecule has 1 aromatic rings. The first-order valence-corrected chi connectivity index (χ1v) is 6.39. The Morgan fingerprint density at radius 1 is 1.44 bits per heavy atom. The maximum absolute atomic E-state index is 5.93. The van der Waals surface area contributed by atoms with E-state index in [1.54, 1.807) is 0 Å². The molecule has 1 rings (SSSR count). The zero-order chi connectivity index (χ0) is 12.3. The van der Waals surface area contributed by atoms with Crippen molar-refractivity contribution >= 4 is 15.9 Å². The molecule has 0 radical (unpaired) electrons. The highest BCUT2D eigenvalue weighted by Crippen LogP contribution is 2.31. The van der Waals surface area contributed by atoms with Crippen molar-refractivity contribution in [3.8, 4) is 5.75 Å². The summed E-state index contributed by atoms with van der Waals surface area (Å²) in [6, 6.07) is 6.05. The van der Waals surface area contributed by atoms with Crippen LogP contribution in [-0.2, 0) is 0 Å². The second kappa shape index (κ2) is 5.19. The van der Waals surface area contributed by atoms with Gasteiger partial charge in [0.25, 0.3) is 0 Å². The molecular weight excluding hydrogens is 266 g/mol. The van der Waals surface area contributed by atoms with Crippen LogP contribution in [0.4, 0.5) is 0 Å². The molecule has 0 spiro atoms. The van der Waals surface area contributed by atoms with Gasteiger partial charge in [-0.25, -0.2) is 0 Å². The summed E-state index contributed by atoms with van der Waals surface area (Å²) in [6.45, 7) is 8.25. The highest BCUT2D eigenvalue weighted by atomic mass is 79.9. The minimum atomic E-state index is -0.141. The fourth-order valence-corrected chi connectivity index (χ4v) is 1.73. The fraction of sp³-hybridized carbons (Fsp3) is 0.538. The molecule has 0 fully saturated rings. The Morgan fingerprint density at radius 3 is 2.50 bits per heavy atom. The van der Waals surface area contributed by atoms with Crippen LogP contribution in [0.2, 0.25) is 0 Å². The molecular formula is C13H20BrNO. The lowest BCUT2D eigenvalue weighted by molar-refractivity contribution is 0.104. The first kappa shape index (κ1) is 13.5. The molecule has 1 unspecified atom stereocenters. The average Bonchev–Trinajstić information content (AvgIpc) is 2.20. The Kier molecular flexibility index (Phi) is 4.39. The Morgan fingerprint density at radius 2 is 2.06 bits per heavy atom. The molecule has 0 aromatic heterocycles. The lowest BCUT2D eigenvalue weighted by Crippen LogP contribution is -2.27. The van der Waals surface area contributed by atoms with Gasteiger partial charge in [-0.3, -0.25) is 0 Å². The normalized spacial score (nSPS) is 13.6. The smallest absolute Gasteiger partial charge is 0.134 e. The third-order valence-corrected chi connectivity index (χ3v) is 3.34. The van der Waals surface area contributed by atoms with Gasteiger partial charge in [-0.05, 0) is 60.8 Å². The van der Waals surface area contributed by atoms with Crippen LogP contribution in [0.5, 0.6) is 5.75 Å². The zero-order valence-corrected chi connectivity index (χ0v) is 12.0. The SMILES string of the molecule is CCC(C)(C)Oc1ccc(C(C)N)cc1Br. The zero-order valence-electron chi connectivity index (χ0n) is 10.4. The molecule has 0 amide bonds. The lowest BCUT2D eigenvalue weighted by Gasteiger charge is -2.25. The predicted molar refractivity (Wildman–Crippen MR) is 71.7 cm³/mol. The molecule has 0 aliphatic carbocycles. The molecule has 16 heavy (non-hydrogen) atoms. The number of hydrogen-bond donors (Lipinski definition) is 1. The molecule has 0 saturated carbocycles. The van der Waals surface area contributed by atoms with E-state index in [0.29, 0.717) is 0 Å². The van der Waals surface area contributed by atoms with Crippen molar-refractivity contribution < 1.29 is 4.74 Å². The van der Waals surface area contributed by atoms with E-state index >= 15 is 0 Å². The molecule has 3 heteroatoms. The van der Waals surface area contributed by atoms with Gasteiger partial charge >= 0.3 is 0 Å². The molecule has 0 aliphatic rings. The Bertz CT molecular complexity index is 361. The molecule has 0 aliphatic heterocycles. The first-order valence-electron chi connectivity index (χ1n) is 5.60. The van der Waals surface area contributed by atoms with Crippen molar-refractivity contribution in [3.05, 3.63) is 28.2 Å². The van der Waals surface area contributed by atoms with Crippen LogP contribution >= 0.6 is 15.9 Å². The standard InChI is InChI=1S/C13H20BrNO/c1-5-13(3,4)16-12-7-6-10(9(2)15)8-11(12)14/h6-9H,5,15H2,1-4H3. The van der Waals surface area contributed by atoms with E-state index in [1.165, 1.54) is 0 Å². The van der Waals surface area contributed by atoms with Crippen molar-refractivity contribution in [3.63, 3.8) is 0 Å². The average molecular weight is 286 g/mol. The van der Waals surface area contributed by atoms with Gasteiger partial charge in [0.1, 0.15) is 11.4 Å². The highest BCUT2D eigenvalue weighted by Gasteiger charge is 2.18. The van der Waals surface area contributed by atoms with Crippen molar-refractivity contribution in [1.82, 2.24) is 0 Å². The summed E-state index contributed by atoms with van der Waals surface area (Å²) in [6.07, 6.45) is 0.967. The van der Waals surface area contributed by atoms with E-state index in [2.05, 4.69) is 36.7 Å². The lowest BCUT2D eigenvalue weighted by atomic mass is 10.1. The predicted octanol–water partition coefficient (Wildman–Crippen LogP) is 4.04. The van der Waals surface area contributed by atoms with Gasteiger partial charge in [-0.15, -0.1) is 0 Å². The van der Waals surface area contributed by atoms with E-state index in [1.807, 2.05) is 25.1 Å². The molecule has 0 saturated heterocycles. The maximum atomic E-state index is 5.93. The molecule has 0 heterocycles. The van der Waals surface area contributed by atoms with Gasteiger partial charge in [-0.1, -0.05) is 13.0 Å². The molecule has 0 bridgehead atoms. The van der Waals surface area contributed by atoms with Gasteiger partial charge in [0.15, 0.2) is 0 Å². The molecule has 2 N–H and O–H groups in total. The van der Waals surface area contributed by atoms with Crippen LogP contribution in [0.15, 0.2) is 22.7 Å². The van der Waals surface area contributed by atoms with Gasteiger partial charge in [0, 0.05) is 6.04 Å².